The van der Waals surface area contributed by atoms with E-state index in [4.69, 9.17) is 0 Å². The van der Waals surface area contributed by atoms with Crippen LogP contribution in [0.3, 0.4) is 0 Å². The van der Waals surface area contributed by atoms with Crippen molar-refractivity contribution >= 4 is 33.0 Å². The van der Waals surface area contributed by atoms with Gasteiger partial charge in [0, 0.05) is 34.8 Å². The highest BCUT2D eigenvalue weighted by Gasteiger charge is 2.28. The van der Waals surface area contributed by atoms with Gasteiger partial charge in [-0.3, -0.25) is 4.79 Å². The number of para-hydroxylation sites is 1. The third-order valence-electron chi connectivity index (χ3n) is 5.35. The van der Waals surface area contributed by atoms with Crippen molar-refractivity contribution in [1.82, 2.24) is 4.31 Å². The second-order valence-corrected chi connectivity index (χ2v) is 10.3. The summed E-state index contributed by atoms with van der Waals surface area (Å²) >= 11 is 1.60. The van der Waals surface area contributed by atoms with Gasteiger partial charge in [0.1, 0.15) is 0 Å². The number of anilines is 1. The van der Waals surface area contributed by atoms with Crippen LogP contribution in [0, 0.1) is 6.92 Å². The Balaban J connectivity index is 1.63. The van der Waals surface area contributed by atoms with Crippen LogP contribution in [0.15, 0.2) is 64.9 Å². The van der Waals surface area contributed by atoms with Crippen molar-refractivity contribution in [2.24, 2.45) is 0 Å². The molecule has 2 aromatic carbocycles. The van der Waals surface area contributed by atoms with E-state index >= 15 is 0 Å². The predicted octanol–water partition coefficient (Wildman–Crippen LogP) is 5.15. The molecule has 1 aliphatic rings. The minimum Gasteiger partial charge on any atom is -0.321 e. The maximum atomic E-state index is 13.1. The van der Waals surface area contributed by atoms with Crippen molar-refractivity contribution in [3.63, 3.8) is 0 Å². The number of rotatable bonds is 5. The lowest BCUT2D eigenvalue weighted by Crippen LogP contribution is -2.36. The average Bonchev–Trinajstić information content (AvgIpc) is 3.29. The van der Waals surface area contributed by atoms with Crippen LogP contribution in [-0.4, -0.2) is 31.7 Å². The standard InChI is InChI=1S/C23H24N2O3S2/c1-17-11-12-18(16-22(17)30(27,28)25-13-5-2-6-14-25)23(26)24-20-9-4-3-8-19(20)21-10-7-15-29-21/h3-4,7-12,15-16H,2,5-6,13-14H2,1H3,(H,24,26). The van der Waals surface area contributed by atoms with Crippen LogP contribution in [0.5, 0.6) is 0 Å². The molecule has 1 aliphatic heterocycles. The lowest BCUT2D eigenvalue weighted by molar-refractivity contribution is 0.102. The Hall–Kier alpha value is -2.48. The van der Waals surface area contributed by atoms with Crippen LogP contribution >= 0.6 is 11.3 Å². The number of hydrogen-bond donors (Lipinski definition) is 1. The monoisotopic (exact) mass is 440 g/mol. The van der Waals surface area contributed by atoms with Crippen LogP contribution < -0.4 is 5.32 Å². The zero-order valence-corrected chi connectivity index (χ0v) is 18.4. The van der Waals surface area contributed by atoms with Gasteiger partial charge in [-0.2, -0.15) is 4.31 Å². The van der Waals surface area contributed by atoms with Gasteiger partial charge in [0.05, 0.1) is 4.90 Å². The summed E-state index contributed by atoms with van der Waals surface area (Å²) in [5.41, 5.74) is 2.62. The van der Waals surface area contributed by atoms with Gasteiger partial charge in [-0.15, -0.1) is 11.3 Å². The molecule has 0 unspecified atom stereocenters. The van der Waals surface area contributed by atoms with E-state index in [1.54, 1.807) is 30.4 Å². The lowest BCUT2D eigenvalue weighted by Gasteiger charge is -2.26. The first kappa shape index (κ1) is 20.8. The Bertz CT molecular complexity index is 1150. The van der Waals surface area contributed by atoms with Crippen LogP contribution in [0.4, 0.5) is 5.69 Å². The Labute approximate surface area is 181 Å². The molecule has 1 fully saturated rings. The van der Waals surface area contributed by atoms with E-state index in [9.17, 15) is 13.2 Å². The molecular weight excluding hydrogens is 416 g/mol. The van der Waals surface area contributed by atoms with Crippen LogP contribution in [0.2, 0.25) is 0 Å². The highest BCUT2D eigenvalue weighted by Crippen LogP contribution is 2.32. The molecule has 3 aromatic rings. The minimum absolute atomic E-state index is 0.212. The van der Waals surface area contributed by atoms with Crippen molar-refractivity contribution in [2.45, 2.75) is 31.1 Å². The number of amides is 1. The zero-order chi connectivity index (χ0) is 21.1. The molecule has 0 atom stereocenters. The van der Waals surface area contributed by atoms with Gasteiger partial charge in [-0.1, -0.05) is 36.8 Å². The lowest BCUT2D eigenvalue weighted by atomic mass is 10.1. The number of piperidine rings is 1. The minimum atomic E-state index is -3.61. The predicted molar refractivity (Wildman–Crippen MR) is 121 cm³/mol. The smallest absolute Gasteiger partial charge is 0.255 e. The fraction of sp³-hybridized carbons (Fsp3) is 0.261. The van der Waals surface area contributed by atoms with Crippen LogP contribution in [0.1, 0.15) is 35.2 Å². The summed E-state index contributed by atoms with van der Waals surface area (Å²) in [6, 6.07) is 16.5. The number of carbonyl (C=O) groups excluding carboxylic acids is 1. The van der Waals surface area contributed by atoms with E-state index in [0.717, 1.165) is 29.7 Å². The molecule has 0 bridgehead atoms. The summed E-state index contributed by atoms with van der Waals surface area (Å²) < 4.78 is 27.8. The molecule has 1 saturated heterocycles. The number of hydrogen-bond acceptors (Lipinski definition) is 4. The molecule has 0 aliphatic carbocycles. The number of nitrogens with one attached hydrogen (secondary N) is 1. The van der Waals surface area contributed by atoms with E-state index < -0.39 is 10.0 Å². The molecule has 156 valence electrons. The number of carbonyl (C=O) groups is 1. The largest absolute Gasteiger partial charge is 0.321 e. The van der Waals surface area contributed by atoms with Crippen LogP contribution in [-0.2, 0) is 10.0 Å². The Morgan fingerprint density at radius 1 is 1.00 bits per heavy atom. The van der Waals surface area contributed by atoms with E-state index in [2.05, 4.69) is 5.32 Å². The number of nitrogens with zero attached hydrogens (tertiary/aromatic N) is 1. The number of thiophene rings is 1. The molecule has 30 heavy (non-hydrogen) atoms. The van der Waals surface area contributed by atoms with Crippen molar-refractivity contribution in [3.8, 4) is 10.4 Å². The molecular formula is C23H24N2O3S2. The van der Waals surface area contributed by atoms with E-state index in [-0.39, 0.29) is 10.8 Å². The fourth-order valence-electron chi connectivity index (χ4n) is 3.70. The SMILES string of the molecule is Cc1ccc(C(=O)Nc2ccccc2-c2cccs2)cc1S(=O)(=O)N1CCCCC1. The average molecular weight is 441 g/mol. The molecule has 7 heteroatoms. The second kappa shape index (κ2) is 8.71. The molecule has 2 heterocycles. The van der Waals surface area contributed by atoms with E-state index in [1.807, 2.05) is 41.8 Å². The summed E-state index contributed by atoms with van der Waals surface area (Å²) in [5.74, 6) is -0.325. The van der Waals surface area contributed by atoms with Crippen molar-refractivity contribution in [3.05, 3.63) is 71.1 Å². The highest BCUT2D eigenvalue weighted by molar-refractivity contribution is 7.89. The van der Waals surface area contributed by atoms with Gasteiger partial charge in [-0.05, 0) is 55.0 Å². The van der Waals surface area contributed by atoms with Gasteiger partial charge in [0.25, 0.3) is 5.91 Å². The molecule has 1 aromatic heterocycles. The topological polar surface area (TPSA) is 66.5 Å². The molecule has 0 saturated carbocycles. The van der Waals surface area contributed by atoms with Gasteiger partial charge >= 0.3 is 0 Å². The third-order valence-corrected chi connectivity index (χ3v) is 8.29. The molecule has 0 spiro atoms. The summed E-state index contributed by atoms with van der Waals surface area (Å²) in [4.78, 5) is 14.3. The zero-order valence-electron chi connectivity index (χ0n) is 16.8. The molecule has 1 N–H and O–H groups in total. The fourth-order valence-corrected chi connectivity index (χ4v) is 6.23. The summed E-state index contributed by atoms with van der Waals surface area (Å²) in [6.07, 6.45) is 2.80. The Morgan fingerprint density at radius 2 is 1.77 bits per heavy atom. The van der Waals surface area contributed by atoms with E-state index in [1.165, 1.54) is 10.4 Å². The molecule has 5 nitrogen and oxygen atoms in total. The molecule has 1 amide bonds. The Kier molecular flexibility index (Phi) is 6.04. The van der Waals surface area contributed by atoms with Crippen LogP contribution in [0.25, 0.3) is 10.4 Å². The highest BCUT2D eigenvalue weighted by atomic mass is 32.2. The number of benzene rings is 2. The first-order valence-electron chi connectivity index (χ1n) is 10.0. The quantitative estimate of drug-likeness (QED) is 0.597. The number of aryl methyl sites for hydroxylation is 1. The van der Waals surface area contributed by atoms with Gasteiger partial charge in [0.15, 0.2) is 0 Å². The maximum Gasteiger partial charge on any atom is 0.255 e. The summed E-state index contributed by atoms with van der Waals surface area (Å²) in [7, 11) is -3.61. The second-order valence-electron chi connectivity index (χ2n) is 7.42. The van der Waals surface area contributed by atoms with Crippen molar-refractivity contribution in [1.29, 1.82) is 0 Å². The molecule has 4 rings (SSSR count). The first-order valence-corrected chi connectivity index (χ1v) is 12.3. The summed E-state index contributed by atoms with van der Waals surface area (Å²) in [6.45, 7) is 2.84. The normalized spacial score (nSPS) is 15.1. The maximum absolute atomic E-state index is 13.1. The van der Waals surface area contributed by atoms with Gasteiger partial charge in [-0.25, -0.2) is 8.42 Å². The van der Waals surface area contributed by atoms with Crippen molar-refractivity contribution < 1.29 is 13.2 Å². The summed E-state index contributed by atoms with van der Waals surface area (Å²) in [5, 5.41) is 4.94. The third kappa shape index (κ3) is 4.19. The van der Waals surface area contributed by atoms with Crippen molar-refractivity contribution in [2.75, 3.05) is 18.4 Å². The number of sulfonamides is 1. The van der Waals surface area contributed by atoms with E-state index in [0.29, 0.717) is 29.9 Å². The molecule has 0 radical (unpaired) electrons. The Morgan fingerprint density at radius 3 is 2.50 bits per heavy atom. The van der Waals surface area contributed by atoms with Gasteiger partial charge in [0.2, 0.25) is 10.0 Å². The first-order chi connectivity index (χ1) is 14.5. The van der Waals surface area contributed by atoms with Gasteiger partial charge < -0.3 is 5.32 Å².